The van der Waals surface area contributed by atoms with Crippen molar-refractivity contribution < 1.29 is 131 Å². The number of carbonyl (C=O) groups is 22. The fourth-order valence-corrected chi connectivity index (χ4v) is 16.8. The molecule has 7 rings (SSSR count). The molecule has 4 fully saturated rings. The van der Waals surface area contributed by atoms with E-state index in [2.05, 4.69) is 79.4 Å². The first-order valence-corrected chi connectivity index (χ1v) is 46.5. The van der Waals surface area contributed by atoms with Crippen molar-refractivity contribution in [2.24, 2.45) is 40.7 Å². The Kier molecular flexibility index (Phi) is 43.5. The van der Waals surface area contributed by atoms with Crippen molar-refractivity contribution in [3.63, 3.8) is 0 Å². The average Bonchev–Trinajstić information content (AvgIpc) is 1.63. The summed E-state index contributed by atoms with van der Waals surface area (Å²) in [6.07, 6.45) is 0.275. The van der Waals surface area contributed by atoms with E-state index in [4.69, 9.17) is 22.9 Å². The van der Waals surface area contributed by atoms with E-state index < -0.39 is 303 Å². The molecule has 21 amide bonds. The van der Waals surface area contributed by atoms with Gasteiger partial charge in [-0.1, -0.05) is 90.1 Å². The number of primary amides is 3. The number of para-hydroxylation sites is 1. The number of aromatic amines is 1. The molecule has 0 spiro atoms. The molecule has 0 unspecified atom stereocenters. The summed E-state index contributed by atoms with van der Waals surface area (Å²) in [5.74, 6) is -23.1. The number of nitrogens with one attached hydrogen (secondary N) is 15. The molecule has 5 heterocycles. The molecule has 770 valence electrons. The minimum Gasteiger partial charge on any atom is -0.480 e. The van der Waals surface area contributed by atoms with Gasteiger partial charge in [-0.25, -0.2) is 4.79 Å². The highest BCUT2D eigenvalue weighted by Gasteiger charge is 2.48. The lowest BCUT2D eigenvalue weighted by molar-refractivity contribution is -0.151. The van der Waals surface area contributed by atoms with E-state index in [0.29, 0.717) is 41.3 Å². The van der Waals surface area contributed by atoms with E-state index in [1.807, 2.05) is 0 Å². The summed E-state index contributed by atoms with van der Waals surface area (Å²) >= 11 is 0. The third-order valence-electron chi connectivity index (χ3n) is 24.2. The number of nitrogens with zero attached hydrogens (tertiary/aromatic N) is 4. The standard InChI is InChI=1S/C90H133N23O27/c1-44(2)32-55(101-78(127)56(33-45(3)4)102-79(128)58(35-50-38-95-53-21-13-12-20-51(50)53)103-80(129)59(37-70(94)120)104-85(134)72(46(5)6)109-81(130)57(34-49-18-10-9-11-19-49)100-74(123)52(91)36-69(93)119)77(126)98-47(7)73(122)99-54(26-27-68(92)118)76(125)107-62(42-116)87(136)110-28-14-22-64(110)83(132)106-61(41-115)82(131)105-60(40-114)75(124)96-39-71(121)97-48(8)86(135)112-30-16-24-66(112)89(138)113-31-17-25-67(113)88(137)111-29-15-23-65(111)84(133)108-63(43-117)90(139)140/h9-13,18-21,38,44-48,52,54-67,72,95,114-117H,14-17,22-37,39-43,91H2,1-8H3,(H2,92,118)(H2,93,119)(H2,94,120)(H,96,124)(H,97,121)(H,98,126)(H,99,122)(H,100,123)(H,101,127)(H,102,128)(H,103,129)(H,104,134)(H,105,131)(H,106,132)(H,107,125)(H,108,133)(H,109,130)(H,139,140)/t47-,48-,52-,54-,55-,56-,57-,58-,59-,60-,61-,62-,63-,64-,65-,66-,67-,72-/m0/s1. The Hall–Kier alpha value is -13.9. The molecule has 0 aliphatic carbocycles. The number of aliphatic carboxylic acids is 1. The number of carboxylic acid groups (broad SMARTS) is 1. The van der Waals surface area contributed by atoms with Gasteiger partial charge in [0.15, 0.2) is 0 Å². The van der Waals surface area contributed by atoms with Gasteiger partial charge in [-0.3, -0.25) is 101 Å². The van der Waals surface area contributed by atoms with Crippen LogP contribution in [0.4, 0.5) is 0 Å². The highest BCUT2D eigenvalue weighted by Crippen LogP contribution is 2.30. The fourth-order valence-electron chi connectivity index (χ4n) is 16.8. The summed E-state index contributed by atoms with van der Waals surface area (Å²) in [7, 11) is 0. The van der Waals surface area contributed by atoms with Crippen molar-refractivity contribution in [2.75, 3.05) is 59.2 Å². The maximum Gasteiger partial charge on any atom is 0.328 e. The third-order valence-corrected chi connectivity index (χ3v) is 24.2. The molecule has 0 bridgehead atoms. The first kappa shape index (κ1) is 113. The molecule has 140 heavy (non-hydrogen) atoms. The molecule has 2 aromatic carbocycles. The number of aromatic nitrogens is 1. The second-order valence-electron chi connectivity index (χ2n) is 36.4. The lowest BCUT2D eigenvalue weighted by Crippen LogP contribution is -2.62. The van der Waals surface area contributed by atoms with Gasteiger partial charge in [0, 0.05) is 62.5 Å². The number of rotatable bonds is 53. The topological polar surface area (TPSA) is 778 Å². The molecule has 4 aliphatic heterocycles. The van der Waals surface area contributed by atoms with Crippen LogP contribution in [0.1, 0.15) is 156 Å². The van der Waals surface area contributed by atoms with E-state index >= 15 is 0 Å². The smallest absolute Gasteiger partial charge is 0.328 e. The van der Waals surface area contributed by atoms with Crippen molar-refractivity contribution in [3.8, 4) is 0 Å². The van der Waals surface area contributed by atoms with Crippen molar-refractivity contribution in [2.45, 2.75) is 267 Å². The van der Waals surface area contributed by atoms with Crippen LogP contribution >= 0.6 is 0 Å². The van der Waals surface area contributed by atoms with E-state index in [1.165, 1.54) is 28.5 Å². The van der Waals surface area contributed by atoms with E-state index in [-0.39, 0.29) is 95.8 Å². The molecule has 18 atom stereocenters. The molecule has 50 heteroatoms. The van der Waals surface area contributed by atoms with Crippen LogP contribution in [0.3, 0.4) is 0 Å². The Morgan fingerprint density at radius 2 is 0.814 bits per heavy atom. The van der Waals surface area contributed by atoms with Crippen LogP contribution in [-0.4, -0.2) is 348 Å². The molecule has 4 saturated heterocycles. The molecule has 4 aliphatic rings. The minimum atomic E-state index is -1.88. The SMILES string of the molecule is CC(C)C[C@H](NC(=O)[C@H](CC(C)C)NC(=O)[C@H](Cc1c[nH]c2ccccc12)NC(=O)[C@H](CC(N)=O)NC(=O)[C@@H](NC(=O)[C@H](Cc1ccccc1)NC(=O)[C@@H](N)CC(N)=O)C(C)C)C(=O)N[C@@H](C)C(=O)N[C@@H](CCC(N)=O)C(=O)N[C@@H](CO)C(=O)N1CCC[C@H]1C(=O)N[C@@H](CO)C(=O)N[C@@H](CO)C(=O)NCC(=O)N[C@@H](C)C(=O)N1CCC[C@H]1C(=O)N1CCC[C@H]1C(=O)N1CCC[C@H]1C(=O)N[C@@H](CO)C(=O)O. The molecular weight excluding hydrogens is 1840 g/mol. The van der Waals surface area contributed by atoms with Gasteiger partial charge in [-0.15, -0.1) is 0 Å². The van der Waals surface area contributed by atoms with E-state index in [1.54, 1.807) is 102 Å². The molecule has 1 aromatic heterocycles. The summed E-state index contributed by atoms with van der Waals surface area (Å²) in [4.78, 5) is 309. The van der Waals surface area contributed by atoms with Gasteiger partial charge < -0.3 is 147 Å². The number of nitrogens with two attached hydrogens (primary N) is 4. The van der Waals surface area contributed by atoms with Gasteiger partial charge >= 0.3 is 5.97 Å². The zero-order chi connectivity index (χ0) is 104. The molecular formula is C90H133N23O27. The molecule has 50 nitrogen and oxygen atoms in total. The highest BCUT2D eigenvalue weighted by atomic mass is 16.4. The number of amides is 21. The molecule has 28 N–H and O–H groups in total. The van der Waals surface area contributed by atoms with Crippen LogP contribution in [0.2, 0.25) is 0 Å². The van der Waals surface area contributed by atoms with Crippen LogP contribution in [0.15, 0.2) is 60.8 Å². The number of aliphatic hydroxyl groups is 4. The fraction of sp³-hybridized carbons (Fsp3) is 0.600. The van der Waals surface area contributed by atoms with Crippen LogP contribution in [0, 0.1) is 17.8 Å². The van der Waals surface area contributed by atoms with Crippen LogP contribution in [0.5, 0.6) is 0 Å². The number of hydrogen-bond acceptors (Lipinski definition) is 27. The lowest BCUT2D eigenvalue weighted by Gasteiger charge is -2.34. The van der Waals surface area contributed by atoms with Gasteiger partial charge in [0.05, 0.1) is 51.9 Å². The molecule has 0 radical (unpaired) electrons. The summed E-state index contributed by atoms with van der Waals surface area (Å²) in [6, 6.07) is -11.8. The Labute approximate surface area is 806 Å². The minimum absolute atomic E-state index is 0.0876. The Bertz CT molecular complexity index is 4980. The first-order chi connectivity index (χ1) is 66.2. The second-order valence-corrected chi connectivity index (χ2v) is 36.4. The summed E-state index contributed by atoms with van der Waals surface area (Å²) in [5.41, 5.74) is 24.0. The maximum atomic E-state index is 15.0. The van der Waals surface area contributed by atoms with E-state index in [0.717, 1.165) is 4.90 Å². The largest absolute Gasteiger partial charge is 0.480 e. The Morgan fingerprint density at radius 3 is 1.36 bits per heavy atom. The van der Waals surface area contributed by atoms with Gasteiger partial charge in [0.25, 0.3) is 0 Å². The second kappa shape index (κ2) is 53.9. The summed E-state index contributed by atoms with van der Waals surface area (Å²) in [5, 5.41) is 84.6. The monoisotopic (exact) mass is 1970 g/mol. The van der Waals surface area contributed by atoms with Crippen molar-refractivity contribution in [1.29, 1.82) is 0 Å². The zero-order valence-electron chi connectivity index (χ0n) is 79.4. The number of hydrogen-bond donors (Lipinski definition) is 24. The Balaban J connectivity index is 0.943. The number of carboxylic acids is 1. The number of benzene rings is 2. The average molecular weight is 1970 g/mol. The quantitative estimate of drug-likeness (QED) is 0.0250. The molecule has 3 aromatic rings. The number of aliphatic hydroxyl groups excluding tert-OH is 4. The number of carbonyl (C=O) groups excluding carboxylic acids is 21. The number of H-pyrrole nitrogens is 1. The van der Waals surface area contributed by atoms with Crippen LogP contribution in [0.25, 0.3) is 10.9 Å². The van der Waals surface area contributed by atoms with Crippen molar-refractivity contribution >= 4 is 141 Å². The van der Waals surface area contributed by atoms with Gasteiger partial charge in [0.2, 0.25) is 124 Å². The lowest BCUT2D eigenvalue weighted by atomic mass is 9.98. The summed E-state index contributed by atoms with van der Waals surface area (Å²) in [6.45, 7) is 7.52. The van der Waals surface area contributed by atoms with Gasteiger partial charge in [-0.2, -0.15) is 0 Å². The predicted octanol–water partition coefficient (Wildman–Crippen LogP) is -9.48. The first-order valence-electron chi connectivity index (χ1n) is 46.5. The third kappa shape index (κ3) is 32.6. The Morgan fingerprint density at radius 1 is 0.393 bits per heavy atom. The normalized spacial score (nSPS) is 18.7. The maximum absolute atomic E-state index is 15.0. The van der Waals surface area contributed by atoms with Crippen molar-refractivity contribution in [3.05, 3.63) is 71.9 Å². The molecule has 0 saturated carbocycles. The highest BCUT2D eigenvalue weighted by molar-refractivity contribution is 6.03. The van der Waals surface area contributed by atoms with Gasteiger partial charge in [-0.05, 0) is 119 Å². The zero-order valence-corrected chi connectivity index (χ0v) is 79.4. The van der Waals surface area contributed by atoms with Gasteiger partial charge in [0.1, 0.15) is 103 Å². The number of fused-ring (bicyclic) bond motifs is 1. The van der Waals surface area contributed by atoms with E-state index in [9.17, 15) is 131 Å². The van der Waals surface area contributed by atoms with Crippen LogP contribution < -0.4 is 97.4 Å². The number of likely N-dealkylation sites (tertiary alicyclic amines) is 4. The predicted molar refractivity (Wildman–Crippen MR) is 494 cm³/mol. The van der Waals surface area contributed by atoms with Crippen molar-refractivity contribution in [1.82, 2.24) is 99.0 Å². The van der Waals surface area contributed by atoms with Crippen LogP contribution in [-0.2, 0) is 118 Å². The summed E-state index contributed by atoms with van der Waals surface area (Å²) < 4.78 is 0.